The van der Waals surface area contributed by atoms with Crippen LogP contribution in [0.15, 0.2) is 23.1 Å². The van der Waals surface area contributed by atoms with Crippen molar-refractivity contribution in [2.45, 2.75) is 31.8 Å². The Labute approximate surface area is 115 Å². The fourth-order valence-corrected chi connectivity index (χ4v) is 1.78. The van der Waals surface area contributed by atoms with Gasteiger partial charge >= 0.3 is 0 Å². The first-order valence-corrected chi connectivity index (χ1v) is 6.53. The Morgan fingerprint density at radius 2 is 2.11 bits per heavy atom. The van der Waals surface area contributed by atoms with E-state index in [0.29, 0.717) is 18.7 Å². The molecule has 0 N–H and O–H groups in total. The van der Waals surface area contributed by atoms with Crippen molar-refractivity contribution < 1.29 is 9.53 Å². The summed E-state index contributed by atoms with van der Waals surface area (Å²) in [6, 6.07) is 5.60. The van der Waals surface area contributed by atoms with Crippen LogP contribution in [-0.2, 0) is 4.74 Å². The van der Waals surface area contributed by atoms with Gasteiger partial charge in [-0.2, -0.15) is 0 Å². The van der Waals surface area contributed by atoms with E-state index in [1.165, 1.54) is 0 Å². The molecule has 0 atom stereocenters. The third-order valence-corrected chi connectivity index (χ3v) is 2.95. The van der Waals surface area contributed by atoms with Gasteiger partial charge in [-0.05, 0) is 38.5 Å². The maximum Gasteiger partial charge on any atom is 0.253 e. The van der Waals surface area contributed by atoms with Crippen molar-refractivity contribution >= 4 is 18.5 Å². The van der Waals surface area contributed by atoms with Crippen LogP contribution in [0, 0.1) is 6.92 Å². The summed E-state index contributed by atoms with van der Waals surface area (Å²) in [7, 11) is 1.79. The monoisotopic (exact) mass is 267 g/mol. The van der Waals surface area contributed by atoms with Crippen LogP contribution in [0.5, 0.6) is 0 Å². The number of aryl methyl sites for hydroxylation is 1. The summed E-state index contributed by atoms with van der Waals surface area (Å²) in [5.41, 5.74) is 1.67. The summed E-state index contributed by atoms with van der Waals surface area (Å²) < 4.78 is 5.44. The first-order valence-electron chi connectivity index (χ1n) is 6.08. The molecule has 1 rings (SSSR count). The van der Waals surface area contributed by atoms with Crippen molar-refractivity contribution in [1.29, 1.82) is 0 Å². The molecule has 0 radical (unpaired) electrons. The number of nitrogens with zero attached hydrogens (tertiary/aromatic N) is 1. The van der Waals surface area contributed by atoms with Gasteiger partial charge in [0.1, 0.15) is 0 Å². The van der Waals surface area contributed by atoms with Gasteiger partial charge in [-0.15, -0.1) is 12.6 Å². The number of hydrogen-bond donors (Lipinski definition) is 1. The quantitative estimate of drug-likeness (QED) is 0.831. The van der Waals surface area contributed by atoms with Gasteiger partial charge in [-0.25, -0.2) is 0 Å². The number of ether oxygens (including phenoxy) is 1. The SMILES string of the molecule is Cc1ccc(S)cc1C(=O)N(C)CCOC(C)C. The number of benzene rings is 1. The Balaban J connectivity index is 2.65. The molecule has 0 unspecified atom stereocenters. The van der Waals surface area contributed by atoms with E-state index in [0.717, 1.165) is 10.5 Å². The Morgan fingerprint density at radius 3 is 2.72 bits per heavy atom. The number of thiol groups is 1. The molecule has 0 fully saturated rings. The van der Waals surface area contributed by atoms with Gasteiger partial charge in [0.15, 0.2) is 0 Å². The number of carbonyl (C=O) groups is 1. The molecule has 0 saturated carbocycles. The second kappa shape index (κ2) is 6.81. The van der Waals surface area contributed by atoms with Crippen molar-refractivity contribution in [3.63, 3.8) is 0 Å². The molecular formula is C14H21NO2S. The van der Waals surface area contributed by atoms with Gasteiger partial charge in [0.2, 0.25) is 0 Å². The smallest absolute Gasteiger partial charge is 0.253 e. The molecule has 0 aliphatic carbocycles. The van der Waals surface area contributed by atoms with Crippen LogP contribution in [0.4, 0.5) is 0 Å². The molecule has 4 heteroatoms. The van der Waals surface area contributed by atoms with E-state index in [9.17, 15) is 4.79 Å². The van der Waals surface area contributed by atoms with Gasteiger partial charge in [0.05, 0.1) is 12.7 Å². The zero-order chi connectivity index (χ0) is 13.7. The highest BCUT2D eigenvalue weighted by Crippen LogP contribution is 2.15. The van der Waals surface area contributed by atoms with Crippen molar-refractivity contribution in [2.75, 3.05) is 20.2 Å². The molecular weight excluding hydrogens is 246 g/mol. The minimum atomic E-state index is 0.00996. The third-order valence-electron chi connectivity index (χ3n) is 2.68. The highest BCUT2D eigenvalue weighted by Gasteiger charge is 2.14. The lowest BCUT2D eigenvalue weighted by atomic mass is 10.1. The van der Waals surface area contributed by atoms with Crippen LogP contribution in [-0.4, -0.2) is 37.1 Å². The van der Waals surface area contributed by atoms with Gasteiger partial charge in [0.25, 0.3) is 5.91 Å². The predicted octanol–water partition coefficient (Wildman–Crippen LogP) is 2.78. The lowest BCUT2D eigenvalue weighted by Crippen LogP contribution is -2.31. The largest absolute Gasteiger partial charge is 0.377 e. The van der Waals surface area contributed by atoms with Crippen LogP contribution >= 0.6 is 12.6 Å². The summed E-state index contributed by atoms with van der Waals surface area (Å²) in [4.78, 5) is 14.7. The molecule has 3 nitrogen and oxygen atoms in total. The molecule has 0 aliphatic rings. The zero-order valence-corrected chi connectivity index (χ0v) is 12.3. The van der Waals surface area contributed by atoms with E-state index < -0.39 is 0 Å². The van der Waals surface area contributed by atoms with Crippen molar-refractivity contribution in [3.8, 4) is 0 Å². The van der Waals surface area contributed by atoms with Crippen LogP contribution < -0.4 is 0 Å². The van der Waals surface area contributed by atoms with Gasteiger partial charge in [-0.1, -0.05) is 6.07 Å². The first kappa shape index (κ1) is 15.1. The Kier molecular flexibility index (Phi) is 5.69. The lowest BCUT2D eigenvalue weighted by Gasteiger charge is -2.19. The van der Waals surface area contributed by atoms with E-state index in [2.05, 4.69) is 12.6 Å². The molecule has 0 bridgehead atoms. The Bertz CT molecular complexity index is 418. The van der Waals surface area contributed by atoms with Gasteiger partial charge < -0.3 is 9.64 Å². The molecule has 0 heterocycles. The molecule has 1 aromatic carbocycles. The van der Waals surface area contributed by atoms with Crippen molar-refractivity contribution in [3.05, 3.63) is 29.3 Å². The molecule has 18 heavy (non-hydrogen) atoms. The minimum Gasteiger partial charge on any atom is -0.377 e. The number of rotatable bonds is 5. The standard InChI is InChI=1S/C14H21NO2S/c1-10(2)17-8-7-15(4)14(16)13-9-12(18)6-5-11(13)3/h5-6,9-10,18H,7-8H2,1-4H3. The van der Waals surface area contributed by atoms with Gasteiger partial charge in [0, 0.05) is 24.1 Å². The van der Waals surface area contributed by atoms with E-state index in [1.54, 1.807) is 18.0 Å². The van der Waals surface area contributed by atoms with Crippen LogP contribution in [0.2, 0.25) is 0 Å². The molecule has 1 amide bonds. The summed E-state index contributed by atoms with van der Waals surface area (Å²) in [6.07, 6.45) is 0.191. The van der Waals surface area contributed by atoms with Gasteiger partial charge in [-0.3, -0.25) is 4.79 Å². The summed E-state index contributed by atoms with van der Waals surface area (Å²) in [5, 5.41) is 0. The maximum atomic E-state index is 12.2. The van der Waals surface area contributed by atoms with E-state index in [1.807, 2.05) is 32.9 Å². The zero-order valence-electron chi connectivity index (χ0n) is 11.4. The second-order valence-electron chi connectivity index (χ2n) is 4.65. The summed E-state index contributed by atoms with van der Waals surface area (Å²) >= 11 is 4.27. The lowest BCUT2D eigenvalue weighted by molar-refractivity contribution is 0.0531. The minimum absolute atomic E-state index is 0.00996. The number of hydrogen-bond acceptors (Lipinski definition) is 3. The van der Waals surface area contributed by atoms with E-state index in [4.69, 9.17) is 4.74 Å². The number of amides is 1. The average Bonchev–Trinajstić information content (AvgIpc) is 2.30. The Hall–Kier alpha value is -1.00. The fraction of sp³-hybridized carbons (Fsp3) is 0.500. The first-order chi connectivity index (χ1) is 8.41. The Morgan fingerprint density at radius 1 is 1.44 bits per heavy atom. The maximum absolute atomic E-state index is 12.2. The topological polar surface area (TPSA) is 29.5 Å². The molecule has 0 saturated heterocycles. The summed E-state index contributed by atoms with van der Waals surface area (Å²) in [5.74, 6) is 0.00996. The highest BCUT2D eigenvalue weighted by molar-refractivity contribution is 7.80. The number of carbonyl (C=O) groups excluding carboxylic acids is 1. The number of likely N-dealkylation sites (N-methyl/N-ethyl adjacent to an activating group) is 1. The normalized spacial score (nSPS) is 10.8. The van der Waals surface area contributed by atoms with Crippen molar-refractivity contribution in [1.82, 2.24) is 4.90 Å². The molecule has 1 aromatic rings. The van der Waals surface area contributed by atoms with Crippen LogP contribution in [0.1, 0.15) is 29.8 Å². The summed E-state index contributed by atoms with van der Waals surface area (Å²) in [6.45, 7) is 7.04. The van der Waals surface area contributed by atoms with Crippen LogP contribution in [0.3, 0.4) is 0 Å². The molecule has 100 valence electrons. The van der Waals surface area contributed by atoms with Crippen molar-refractivity contribution in [2.24, 2.45) is 0 Å². The molecule has 0 aromatic heterocycles. The third kappa shape index (κ3) is 4.35. The van der Waals surface area contributed by atoms with E-state index >= 15 is 0 Å². The second-order valence-corrected chi connectivity index (χ2v) is 5.16. The predicted molar refractivity (Wildman–Crippen MR) is 76.5 cm³/mol. The van der Waals surface area contributed by atoms with Crippen LogP contribution in [0.25, 0.3) is 0 Å². The van der Waals surface area contributed by atoms with E-state index in [-0.39, 0.29) is 12.0 Å². The molecule has 0 aliphatic heterocycles. The highest BCUT2D eigenvalue weighted by atomic mass is 32.1. The molecule has 0 spiro atoms. The average molecular weight is 267 g/mol. The fourth-order valence-electron chi connectivity index (χ4n) is 1.57.